The lowest BCUT2D eigenvalue weighted by atomic mass is 10.4. The van der Waals surface area contributed by atoms with E-state index in [0.29, 0.717) is 6.54 Å². The van der Waals surface area contributed by atoms with Gasteiger partial charge in [0, 0.05) is 24.8 Å². The average molecular weight is 201 g/mol. The predicted octanol–water partition coefficient (Wildman–Crippen LogP) is 2.09. The summed E-state index contributed by atoms with van der Waals surface area (Å²) in [5, 5.41) is 5.32. The molecular formula is C9H15NO2S. The van der Waals surface area contributed by atoms with Gasteiger partial charge in [0.05, 0.1) is 6.54 Å². The Hall–Kier alpha value is -0.580. The van der Waals surface area contributed by atoms with E-state index >= 15 is 0 Å². The highest BCUT2D eigenvalue weighted by Crippen LogP contribution is 2.20. The molecule has 0 saturated carbocycles. The summed E-state index contributed by atoms with van der Waals surface area (Å²) in [6, 6.07) is 2.06. The van der Waals surface area contributed by atoms with Crippen LogP contribution in [0, 0.1) is 6.92 Å². The van der Waals surface area contributed by atoms with E-state index in [9.17, 15) is 0 Å². The van der Waals surface area contributed by atoms with Gasteiger partial charge in [0.2, 0.25) is 0 Å². The number of hydrogen-bond acceptors (Lipinski definition) is 4. The highest BCUT2D eigenvalue weighted by molar-refractivity contribution is 7.10. The molecule has 0 fully saturated rings. The fourth-order valence-electron chi connectivity index (χ4n) is 1.02. The Kier molecular flexibility index (Phi) is 4.21. The highest BCUT2D eigenvalue weighted by atomic mass is 32.1. The second-order valence-electron chi connectivity index (χ2n) is 2.67. The molecule has 13 heavy (non-hydrogen) atoms. The Bertz CT molecular complexity index is 246. The molecule has 0 aliphatic rings. The maximum absolute atomic E-state index is 5.06. The average Bonchev–Trinajstić information content (AvgIpc) is 2.54. The summed E-state index contributed by atoms with van der Waals surface area (Å²) in [5.74, 6) is 0. The number of anilines is 1. The molecule has 0 bridgehead atoms. The number of nitrogens with one attached hydrogen (secondary N) is 1. The molecule has 3 nitrogen and oxygen atoms in total. The molecule has 0 atom stereocenters. The largest absolute Gasteiger partial charge is 0.379 e. The number of ether oxygens (including phenoxy) is 2. The first-order valence-corrected chi connectivity index (χ1v) is 4.99. The monoisotopic (exact) mass is 201 g/mol. The Balaban J connectivity index is 2.38. The van der Waals surface area contributed by atoms with Crippen LogP contribution in [0.1, 0.15) is 4.88 Å². The lowest BCUT2D eigenvalue weighted by Crippen LogP contribution is -2.23. The molecule has 4 heteroatoms. The van der Waals surface area contributed by atoms with Gasteiger partial charge in [-0.3, -0.25) is 0 Å². The first-order chi connectivity index (χ1) is 6.27. The van der Waals surface area contributed by atoms with E-state index in [-0.39, 0.29) is 6.29 Å². The molecule has 1 heterocycles. The Morgan fingerprint density at radius 2 is 2.15 bits per heavy atom. The quantitative estimate of drug-likeness (QED) is 0.740. The minimum atomic E-state index is -0.181. The Morgan fingerprint density at radius 3 is 2.62 bits per heavy atom. The molecule has 0 radical (unpaired) electrons. The smallest absolute Gasteiger partial charge is 0.173 e. The maximum atomic E-state index is 5.06. The highest BCUT2D eigenvalue weighted by Gasteiger charge is 2.05. The van der Waals surface area contributed by atoms with Crippen molar-refractivity contribution in [1.82, 2.24) is 0 Å². The van der Waals surface area contributed by atoms with Crippen LogP contribution in [0.4, 0.5) is 5.69 Å². The van der Waals surface area contributed by atoms with E-state index in [2.05, 4.69) is 23.7 Å². The van der Waals surface area contributed by atoms with Crippen LogP contribution in [-0.4, -0.2) is 27.1 Å². The van der Waals surface area contributed by atoms with Gasteiger partial charge in [-0.15, -0.1) is 11.3 Å². The Labute approximate surface area is 82.7 Å². The lowest BCUT2D eigenvalue weighted by molar-refractivity contribution is -0.0914. The summed E-state index contributed by atoms with van der Waals surface area (Å²) in [4.78, 5) is 1.28. The third-order valence-corrected chi connectivity index (χ3v) is 2.69. The second kappa shape index (κ2) is 5.21. The van der Waals surface area contributed by atoms with Crippen molar-refractivity contribution < 1.29 is 9.47 Å². The van der Waals surface area contributed by atoms with Crippen molar-refractivity contribution >= 4 is 17.0 Å². The molecule has 0 saturated heterocycles. The van der Waals surface area contributed by atoms with Crippen molar-refractivity contribution in [3.8, 4) is 0 Å². The molecule has 0 aromatic carbocycles. The van der Waals surface area contributed by atoms with Crippen molar-refractivity contribution in [2.75, 3.05) is 26.1 Å². The topological polar surface area (TPSA) is 30.5 Å². The SMILES string of the molecule is COC(CNc1ccsc1C)OC. The van der Waals surface area contributed by atoms with Crippen molar-refractivity contribution in [3.63, 3.8) is 0 Å². The predicted molar refractivity (Wildman–Crippen MR) is 55.4 cm³/mol. The maximum Gasteiger partial charge on any atom is 0.173 e. The van der Waals surface area contributed by atoms with Crippen LogP contribution < -0.4 is 5.32 Å². The molecular weight excluding hydrogens is 186 g/mol. The minimum Gasteiger partial charge on any atom is -0.379 e. The van der Waals surface area contributed by atoms with Crippen LogP contribution >= 0.6 is 11.3 Å². The van der Waals surface area contributed by atoms with Crippen molar-refractivity contribution in [2.24, 2.45) is 0 Å². The zero-order chi connectivity index (χ0) is 9.68. The summed E-state index contributed by atoms with van der Waals surface area (Å²) in [5.41, 5.74) is 1.16. The van der Waals surface area contributed by atoms with Gasteiger partial charge in [-0.05, 0) is 18.4 Å². The Morgan fingerprint density at radius 1 is 1.46 bits per heavy atom. The molecule has 1 aromatic rings. The van der Waals surface area contributed by atoms with E-state index in [0.717, 1.165) is 5.69 Å². The van der Waals surface area contributed by atoms with Gasteiger partial charge in [-0.2, -0.15) is 0 Å². The molecule has 1 rings (SSSR count). The number of rotatable bonds is 5. The summed E-state index contributed by atoms with van der Waals surface area (Å²) < 4.78 is 10.1. The number of methoxy groups -OCH3 is 2. The first kappa shape index (κ1) is 10.5. The van der Waals surface area contributed by atoms with Gasteiger partial charge >= 0.3 is 0 Å². The molecule has 0 amide bonds. The van der Waals surface area contributed by atoms with E-state index in [4.69, 9.17) is 9.47 Å². The number of aryl methyl sites for hydroxylation is 1. The normalized spacial score (nSPS) is 10.8. The van der Waals surface area contributed by atoms with Gasteiger partial charge < -0.3 is 14.8 Å². The summed E-state index contributed by atoms with van der Waals surface area (Å²) >= 11 is 1.73. The van der Waals surface area contributed by atoms with Crippen molar-refractivity contribution in [1.29, 1.82) is 0 Å². The molecule has 0 unspecified atom stereocenters. The van der Waals surface area contributed by atoms with Crippen molar-refractivity contribution in [2.45, 2.75) is 13.2 Å². The van der Waals surface area contributed by atoms with Gasteiger partial charge in [0.1, 0.15) is 0 Å². The molecule has 0 spiro atoms. The van der Waals surface area contributed by atoms with Gasteiger partial charge in [0.15, 0.2) is 6.29 Å². The van der Waals surface area contributed by atoms with Crippen molar-refractivity contribution in [3.05, 3.63) is 16.3 Å². The van der Waals surface area contributed by atoms with Gasteiger partial charge in [0.25, 0.3) is 0 Å². The van der Waals surface area contributed by atoms with E-state index in [1.165, 1.54) is 4.88 Å². The third kappa shape index (κ3) is 2.99. The number of hydrogen-bond donors (Lipinski definition) is 1. The molecule has 0 aliphatic heterocycles. The standard InChI is InChI=1S/C9H15NO2S/c1-7-8(4-5-13-7)10-6-9(11-2)12-3/h4-5,9-10H,6H2,1-3H3. The molecule has 1 N–H and O–H groups in total. The van der Waals surface area contributed by atoms with Crippen LogP contribution in [0.15, 0.2) is 11.4 Å². The van der Waals surface area contributed by atoms with Crippen LogP contribution in [0.3, 0.4) is 0 Å². The molecule has 0 aliphatic carbocycles. The summed E-state index contributed by atoms with van der Waals surface area (Å²) in [6.45, 7) is 2.76. The van der Waals surface area contributed by atoms with Crippen LogP contribution in [0.2, 0.25) is 0 Å². The third-order valence-electron chi connectivity index (χ3n) is 1.84. The zero-order valence-electron chi connectivity index (χ0n) is 8.16. The van der Waals surface area contributed by atoms with Crippen LogP contribution in [0.25, 0.3) is 0 Å². The number of thiophene rings is 1. The van der Waals surface area contributed by atoms with Crippen LogP contribution in [0.5, 0.6) is 0 Å². The lowest BCUT2D eigenvalue weighted by Gasteiger charge is -2.14. The first-order valence-electron chi connectivity index (χ1n) is 4.11. The second-order valence-corrected chi connectivity index (χ2v) is 3.79. The van der Waals surface area contributed by atoms with Crippen LogP contribution in [-0.2, 0) is 9.47 Å². The minimum absolute atomic E-state index is 0.181. The fourth-order valence-corrected chi connectivity index (χ4v) is 1.70. The van der Waals surface area contributed by atoms with E-state index < -0.39 is 0 Å². The molecule has 1 aromatic heterocycles. The summed E-state index contributed by atoms with van der Waals surface area (Å²) in [7, 11) is 3.27. The zero-order valence-corrected chi connectivity index (χ0v) is 8.98. The van der Waals surface area contributed by atoms with Gasteiger partial charge in [-0.1, -0.05) is 0 Å². The van der Waals surface area contributed by atoms with E-state index in [1.807, 2.05) is 0 Å². The molecule has 74 valence electrons. The fraction of sp³-hybridized carbons (Fsp3) is 0.556. The summed E-state index contributed by atoms with van der Waals surface area (Å²) in [6.07, 6.45) is -0.181. The van der Waals surface area contributed by atoms with E-state index in [1.54, 1.807) is 25.6 Å². The van der Waals surface area contributed by atoms with Gasteiger partial charge in [-0.25, -0.2) is 0 Å².